The Hall–Kier alpha value is -2.15. The average Bonchev–Trinajstić information content (AvgIpc) is 2.48. The molecule has 7 heteroatoms. The molecular formula is C14H23N3O4. The molecule has 2 amide bonds. The van der Waals surface area contributed by atoms with E-state index < -0.39 is 0 Å². The van der Waals surface area contributed by atoms with Gasteiger partial charge in [0.2, 0.25) is 0 Å². The molecule has 0 fully saturated rings. The highest BCUT2D eigenvalue weighted by Crippen LogP contribution is 2.35. The van der Waals surface area contributed by atoms with Crippen molar-refractivity contribution in [2.75, 3.05) is 44.0 Å². The second-order valence-electron chi connectivity index (χ2n) is 4.32. The van der Waals surface area contributed by atoms with Crippen LogP contribution in [-0.4, -0.2) is 54.5 Å². The molecule has 0 aliphatic rings. The monoisotopic (exact) mass is 297 g/mol. The number of nitrogens with one attached hydrogen (secondary N) is 2. The molecule has 0 unspecified atom stereocenters. The zero-order valence-corrected chi connectivity index (χ0v) is 12.6. The normalized spacial score (nSPS) is 10.1. The third-order valence-electron chi connectivity index (χ3n) is 3.04. The number of amides is 2. The van der Waals surface area contributed by atoms with Crippen molar-refractivity contribution in [2.24, 2.45) is 0 Å². The number of nitrogens with zero attached hydrogens (tertiary/aromatic N) is 1. The second kappa shape index (κ2) is 8.21. The summed E-state index contributed by atoms with van der Waals surface area (Å²) in [5, 5.41) is 24.4. The van der Waals surface area contributed by atoms with Crippen LogP contribution in [0.25, 0.3) is 0 Å². The highest BCUT2D eigenvalue weighted by atomic mass is 16.5. The lowest BCUT2D eigenvalue weighted by molar-refractivity contribution is 0.217. The van der Waals surface area contributed by atoms with Crippen LogP contribution in [0, 0.1) is 0 Å². The SMILES string of the molecule is CCN(CC)C(=O)Nc1cc(OC)c(NCCO)cc1O. The van der Waals surface area contributed by atoms with Crippen molar-refractivity contribution in [3.8, 4) is 11.5 Å². The van der Waals surface area contributed by atoms with Gasteiger partial charge in [0.1, 0.15) is 11.5 Å². The fourth-order valence-corrected chi connectivity index (χ4v) is 1.87. The standard InChI is InChI=1S/C14H23N3O4/c1-4-17(5-2)14(20)16-10-9-13(21-3)11(8-12(10)19)15-6-7-18/h8-9,15,18-19H,4-7H2,1-3H3,(H,16,20). The molecule has 0 aliphatic heterocycles. The van der Waals surface area contributed by atoms with Gasteiger partial charge >= 0.3 is 6.03 Å². The van der Waals surface area contributed by atoms with Gasteiger partial charge in [-0.25, -0.2) is 4.79 Å². The van der Waals surface area contributed by atoms with Crippen molar-refractivity contribution in [1.82, 2.24) is 4.90 Å². The smallest absolute Gasteiger partial charge is 0.321 e. The number of aliphatic hydroxyl groups excluding tert-OH is 1. The molecule has 0 aromatic heterocycles. The summed E-state index contributed by atoms with van der Waals surface area (Å²) in [5.74, 6) is 0.396. The molecule has 1 aromatic rings. The minimum atomic E-state index is -0.284. The van der Waals surface area contributed by atoms with Gasteiger partial charge in [0, 0.05) is 31.8 Å². The Kier molecular flexibility index (Phi) is 6.61. The van der Waals surface area contributed by atoms with Gasteiger partial charge in [0.15, 0.2) is 0 Å². The summed E-state index contributed by atoms with van der Waals surface area (Å²) in [7, 11) is 1.49. The van der Waals surface area contributed by atoms with Crippen LogP contribution in [0.1, 0.15) is 13.8 Å². The van der Waals surface area contributed by atoms with Crippen molar-refractivity contribution in [1.29, 1.82) is 0 Å². The van der Waals surface area contributed by atoms with E-state index in [0.717, 1.165) is 0 Å². The number of phenolic OH excluding ortho intramolecular Hbond substituents is 1. The van der Waals surface area contributed by atoms with Crippen LogP contribution < -0.4 is 15.4 Å². The van der Waals surface area contributed by atoms with E-state index in [-0.39, 0.29) is 24.1 Å². The number of aliphatic hydroxyl groups is 1. The van der Waals surface area contributed by atoms with Gasteiger partial charge in [-0.1, -0.05) is 0 Å². The molecule has 0 saturated heterocycles. The van der Waals surface area contributed by atoms with Crippen LogP contribution in [0.4, 0.5) is 16.2 Å². The third kappa shape index (κ3) is 4.42. The molecule has 0 bridgehead atoms. The number of phenols is 1. The van der Waals surface area contributed by atoms with E-state index in [4.69, 9.17) is 9.84 Å². The van der Waals surface area contributed by atoms with E-state index in [0.29, 0.717) is 31.1 Å². The van der Waals surface area contributed by atoms with Gasteiger partial charge < -0.3 is 30.5 Å². The van der Waals surface area contributed by atoms with Crippen molar-refractivity contribution in [3.05, 3.63) is 12.1 Å². The van der Waals surface area contributed by atoms with Gasteiger partial charge in [-0.15, -0.1) is 0 Å². The predicted octanol–water partition coefficient (Wildman–Crippen LogP) is 1.68. The fraction of sp³-hybridized carbons (Fsp3) is 0.500. The van der Waals surface area contributed by atoms with Gasteiger partial charge in [-0.2, -0.15) is 0 Å². The Morgan fingerprint density at radius 1 is 1.29 bits per heavy atom. The molecule has 0 heterocycles. The first kappa shape index (κ1) is 16.9. The highest BCUT2D eigenvalue weighted by molar-refractivity contribution is 5.92. The number of ether oxygens (including phenoxy) is 1. The number of hydrogen-bond donors (Lipinski definition) is 4. The van der Waals surface area contributed by atoms with E-state index >= 15 is 0 Å². The summed E-state index contributed by atoms with van der Waals surface area (Å²) in [6, 6.07) is 2.70. The minimum Gasteiger partial charge on any atom is -0.506 e. The first-order valence-electron chi connectivity index (χ1n) is 6.88. The second-order valence-corrected chi connectivity index (χ2v) is 4.32. The van der Waals surface area contributed by atoms with E-state index in [9.17, 15) is 9.90 Å². The number of anilines is 2. The number of carbonyl (C=O) groups excluding carboxylic acids is 1. The molecule has 1 aromatic carbocycles. The quantitative estimate of drug-likeness (QED) is 0.574. The Morgan fingerprint density at radius 3 is 2.48 bits per heavy atom. The van der Waals surface area contributed by atoms with Crippen molar-refractivity contribution < 1.29 is 19.7 Å². The lowest BCUT2D eigenvalue weighted by Gasteiger charge is -2.20. The summed E-state index contributed by atoms with van der Waals surface area (Å²) in [6.45, 7) is 5.22. The maximum atomic E-state index is 12.0. The number of aromatic hydroxyl groups is 1. The molecule has 21 heavy (non-hydrogen) atoms. The predicted molar refractivity (Wildman–Crippen MR) is 82.2 cm³/mol. The summed E-state index contributed by atoms with van der Waals surface area (Å²) in [4.78, 5) is 13.6. The van der Waals surface area contributed by atoms with Crippen LogP contribution in [0.15, 0.2) is 12.1 Å². The maximum Gasteiger partial charge on any atom is 0.321 e. The number of methoxy groups -OCH3 is 1. The number of rotatable bonds is 7. The van der Waals surface area contributed by atoms with Crippen LogP contribution >= 0.6 is 0 Å². The van der Waals surface area contributed by atoms with E-state index in [1.54, 1.807) is 4.90 Å². The Morgan fingerprint density at radius 2 is 1.95 bits per heavy atom. The summed E-state index contributed by atoms with van der Waals surface area (Å²) >= 11 is 0. The molecule has 0 saturated carbocycles. The molecular weight excluding hydrogens is 274 g/mol. The summed E-state index contributed by atoms with van der Waals surface area (Å²) in [5.41, 5.74) is 0.822. The third-order valence-corrected chi connectivity index (χ3v) is 3.04. The Labute approximate surface area is 124 Å². The molecule has 118 valence electrons. The van der Waals surface area contributed by atoms with Crippen molar-refractivity contribution in [3.63, 3.8) is 0 Å². The van der Waals surface area contributed by atoms with Crippen LogP contribution in [0.3, 0.4) is 0 Å². The lowest BCUT2D eigenvalue weighted by Crippen LogP contribution is -2.34. The number of urea groups is 1. The topological polar surface area (TPSA) is 94.1 Å². The summed E-state index contributed by atoms with van der Waals surface area (Å²) < 4.78 is 5.21. The first-order valence-corrected chi connectivity index (χ1v) is 6.88. The molecule has 4 N–H and O–H groups in total. The number of hydrogen-bond acceptors (Lipinski definition) is 5. The van der Waals surface area contributed by atoms with Gasteiger partial charge in [0.05, 0.1) is 25.1 Å². The zero-order chi connectivity index (χ0) is 15.8. The Bertz CT molecular complexity index is 476. The molecule has 1 rings (SSSR count). The van der Waals surface area contributed by atoms with E-state index in [2.05, 4.69) is 10.6 Å². The highest BCUT2D eigenvalue weighted by Gasteiger charge is 2.15. The largest absolute Gasteiger partial charge is 0.506 e. The van der Waals surface area contributed by atoms with E-state index in [1.807, 2.05) is 13.8 Å². The molecule has 0 spiro atoms. The molecule has 0 radical (unpaired) electrons. The van der Waals surface area contributed by atoms with Crippen LogP contribution in [-0.2, 0) is 0 Å². The average molecular weight is 297 g/mol. The number of carbonyl (C=O) groups is 1. The minimum absolute atomic E-state index is 0.0373. The maximum absolute atomic E-state index is 12.0. The van der Waals surface area contributed by atoms with Gasteiger partial charge in [0.25, 0.3) is 0 Å². The molecule has 0 aliphatic carbocycles. The van der Waals surface area contributed by atoms with Gasteiger partial charge in [-0.05, 0) is 13.8 Å². The number of benzene rings is 1. The van der Waals surface area contributed by atoms with Crippen LogP contribution in [0.2, 0.25) is 0 Å². The van der Waals surface area contributed by atoms with Crippen molar-refractivity contribution in [2.45, 2.75) is 13.8 Å². The lowest BCUT2D eigenvalue weighted by atomic mass is 10.2. The van der Waals surface area contributed by atoms with Gasteiger partial charge in [-0.3, -0.25) is 0 Å². The molecule has 0 atom stereocenters. The first-order chi connectivity index (χ1) is 10.1. The zero-order valence-electron chi connectivity index (χ0n) is 12.6. The van der Waals surface area contributed by atoms with Crippen LogP contribution in [0.5, 0.6) is 11.5 Å². The molecule has 7 nitrogen and oxygen atoms in total. The van der Waals surface area contributed by atoms with Crippen molar-refractivity contribution >= 4 is 17.4 Å². The van der Waals surface area contributed by atoms with E-state index in [1.165, 1.54) is 19.2 Å². The summed E-state index contributed by atoms with van der Waals surface area (Å²) in [6.07, 6.45) is 0. The Balaban J connectivity index is 2.95. The fourth-order valence-electron chi connectivity index (χ4n) is 1.87.